The van der Waals surface area contributed by atoms with Gasteiger partial charge in [0.1, 0.15) is 0 Å². The lowest BCUT2D eigenvalue weighted by Crippen LogP contribution is -2.44. The number of amides is 1. The zero-order chi connectivity index (χ0) is 16.1. The number of hydrogen-bond acceptors (Lipinski definition) is 6. The molecule has 1 saturated heterocycles. The molecule has 3 N–H and O–H groups in total. The average molecular weight is 372 g/mol. The van der Waals surface area contributed by atoms with Crippen molar-refractivity contribution in [3.05, 3.63) is 26.9 Å². The second kappa shape index (κ2) is 7.50. The molecule has 1 aliphatic rings. The van der Waals surface area contributed by atoms with E-state index in [0.717, 1.165) is 12.8 Å². The fourth-order valence-corrected chi connectivity index (χ4v) is 2.84. The molecular weight excluding hydrogens is 354 g/mol. The lowest BCUT2D eigenvalue weighted by atomic mass is 9.97. The average Bonchev–Trinajstić information content (AvgIpc) is 2.52. The van der Waals surface area contributed by atoms with Gasteiger partial charge in [-0.2, -0.15) is 0 Å². The lowest BCUT2D eigenvalue weighted by Gasteiger charge is -2.32. The van der Waals surface area contributed by atoms with Crippen LogP contribution in [0.2, 0.25) is 0 Å². The van der Waals surface area contributed by atoms with Crippen molar-refractivity contribution in [1.82, 2.24) is 10.3 Å². The second-order valence-electron chi connectivity index (χ2n) is 5.12. The van der Waals surface area contributed by atoms with Gasteiger partial charge in [0.15, 0.2) is 0 Å². The SMILES string of the molecule is NCCNC(=O)C1CCCN(c2ncc(Br)cc2[N+](=O)[O-])C1. The van der Waals surface area contributed by atoms with Crippen LogP contribution in [0.15, 0.2) is 16.7 Å². The molecule has 0 spiro atoms. The molecule has 1 amide bonds. The molecule has 0 radical (unpaired) electrons. The highest BCUT2D eigenvalue weighted by atomic mass is 79.9. The van der Waals surface area contributed by atoms with Gasteiger partial charge < -0.3 is 16.0 Å². The monoisotopic (exact) mass is 371 g/mol. The molecule has 1 aliphatic heterocycles. The van der Waals surface area contributed by atoms with E-state index in [1.54, 1.807) is 4.90 Å². The number of aromatic nitrogens is 1. The maximum absolute atomic E-state index is 12.1. The molecule has 1 aromatic rings. The van der Waals surface area contributed by atoms with E-state index in [4.69, 9.17) is 5.73 Å². The Morgan fingerprint density at radius 2 is 2.41 bits per heavy atom. The Hall–Kier alpha value is -1.74. The van der Waals surface area contributed by atoms with Gasteiger partial charge in [-0.25, -0.2) is 4.98 Å². The molecule has 1 fully saturated rings. The zero-order valence-corrected chi connectivity index (χ0v) is 13.6. The molecule has 1 atom stereocenters. The van der Waals surface area contributed by atoms with E-state index in [0.29, 0.717) is 36.5 Å². The van der Waals surface area contributed by atoms with E-state index in [9.17, 15) is 14.9 Å². The minimum atomic E-state index is -0.453. The molecule has 22 heavy (non-hydrogen) atoms. The highest BCUT2D eigenvalue weighted by Crippen LogP contribution is 2.31. The van der Waals surface area contributed by atoms with Crippen LogP contribution in [0.5, 0.6) is 0 Å². The topological polar surface area (TPSA) is 114 Å². The van der Waals surface area contributed by atoms with E-state index in [-0.39, 0.29) is 17.5 Å². The van der Waals surface area contributed by atoms with Crippen LogP contribution >= 0.6 is 15.9 Å². The van der Waals surface area contributed by atoms with Crippen LogP contribution in [0.3, 0.4) is 0 Å². The number of nitrogens with zero attached hydrogens (tertiary/aromatic N) is 3. The second-order valence-corrected chi connectivity index (χ2v) is 6.03. The van der Waals surface area contributed by atoms with Gasteiger partial charge in [0.2, 0.25) is 11.7 Å². The van der Waals surface area contributed by atoms with E-state index in [1.165, 1.54) is 12.3 Å². The summed E-state index contributed by atoms with van der Waals surface area (Å²) in [5, 5.41) is 14.0. The summed E-state index contributed by atoms with van der Waals surface area (Å²) in [6, 6.07) is 1.43. The van der Waals surface area contributed by atoms with Crippen LogP contribution in [0, 0.1) is 16.0 Å². The molecule has 8 nitrogen and oxygen atoms in total. The Balaban J connectivity index is 2.16. The number of nitrogens with two attached hydrogens (primary N) is 1. The fourth-order valence-electron chi connectivity index (χ4n) is 2.52. The Bertz CT molecular complexity index is 569. The number of hydrogen-bond donors (Lipinski definition) is 2. The Kier molecular flexibility index (Phi) is 5.67. The number of halogens is 1. The van der Waals surface area contributed by atoms with Gasteiger partial charge in [0.25, 0.3) is 0 Å². The molecule has 120 valence electrons. The van der Waals surface area contributed by atoms with Gasteiger partial charge in [-0.05, 0) is 28.8 Å². The molecule has 1 unspecified atom stereocenters. The van der Waals surface area contributed by atoms with Crippen molar-refractivity contribution in [2.75, 3.05) is 31.1 Å². The number of piperidine rings is 1. The number of nitro groups is 1. The molecule has 1 aromatic heterocycles. The summed E-state index contributed by atoms with van der Waals surface area (Å²) >= 11 is 3.19. The molecular formula is C13H18BrN5O3. The Labute approximate surface area is 136 Å². The van der Waals surface area contributed by atoms with Crippen LogP contribution < -0.4 is 16.0 Å². The van der Waals surface area contributed by atoms with Crippen molar-refractivity contribution < 1.29 is 9.72 Å². The maximum Gasteiger partial charge on any atom is 0.312 e. The van der Waals surface area contributed by atoms with Gasteiger partial charge >= 0.3 is 5.69 Å². The van der Waals surface area contributed by atoms with Crippen molar-refractivity contribution in [1.29, 1.82) is 0 Å². The van der Waals surface area contributed by atoms with Gasteiger partial charge in [-0.3, -0.25) is 14.9 Å². The van der Waals surface area contributed by atoms with Crippen molar-refractivity contribution >= 4 is 33.3 Å². The predicted molar refractivity (Wildman–Crippen MR) is 85.6 cm³/mol. The predicted octanol–water partition coefficient (Wildman–Crippen LogP) is 1.04. The van der Waals surface area contributed by atoms with Gasteiger partial charge in [0, 0.05) is 42.9 Å². The van der Waals surface area contributed by atoms with Crippen LogP contribution in [-0.2, 0) is 4.79 Å². The first-order valence-electron chi connectivity index (χ1n) is 7.05. The normalized spacial score (nSPS) is 18.1. The highest BCUT2D eigenvalue weighted by molar-refractivity contribution is 9.10. The minimum Gasteiger partial charge on any atom is -0.355 e. The summed E-state index contributed by atoms with van der Waals surface area (Å²) < 4.78 is 0.553. The summed E-state index contributed by atoms with van der Waals surface area (Å²) in [4.78, 5) is 28.8. The van der Waals surface area contributed by atoms with E-state index in [1.807, 2.05) is 0 Å². The number of carbonyl (C=O) groups is 1. The number of pyridine rings is 1. The molecule has 9 heteroatoms. The third kappa shape index (κ3) is 3.92. The molecule has 0 bridgehead atoms. The van der Waals surface area contributed by atoms with Crippen LogP contribution in [0.4, 0.5) is 11.5 Å². The molecule has 0 aliphatic carbocycles. The first-order chi connectivity index (χ1) is 10.5. The molecule has 2 rings (SSSR count). The summed E-state index contributed by atoms with van der Waals surface area (Å²) in [7, 11) is 0. The minimum absolute atomic E-state index is 0.0580. The van der Waals surface area contributed by atoms with Gasteiger partial charge in [-0.15, -0.1) is 0 Å². The smallest absolute Gasteiger partial charge is 0.312 e. The first-order valence-corrected chi connectivity index (χ1v) is 7.85. The summed E-state index contributed by atoms with van der Waals surface area (Å²) in [6.45, 7) is 1.90. The quantitative estimate of drug-likeness (QED) is 0.590. The largest absolute Gasteiger partial charge is 0.355 e. The Morgan fingerprint density at radius 3 is 3.09 bits per heavy atom. The van der Waals surface area contributed by atoms with Gasteiger partial charge in [0.05, 0.1) is 10.8 Å². The van der Waals surface area contributed by atoms with Crippen molar-refractivity contribution in [2.45, 2.75) is 12.8 Å². The standard InChI is InChI=1S/C13H18BrN5O3/c14-10-6-11(19(21)22)12(17-7-10)18-5-1-2-9(8-18)13(20)16-4-3-15/h6-7,9H,1-5,8,15H2,(H,16,20). The zero-order valence-electron chi connectivity index (χ0n) is 12.0. The summed E-state index contributed by atoms with van der Waals surface area (Å²) in [6.07, 6.45) is 3.08. The number of anilines is 1. The summed E-state index contributed by atoms with van der Waals surface area (Å²) in [5.41, 5.74) is 5.32. The molecule has 2 heterocycles. The summed E-state index contributed by atoms with van der Waals surface area (Å²) in [5.74, 6) is 0.0461. The van der Waals surface area contributed by atoms with Crippen molar-refractivity contribution in [3.8, 4) is 0 Å². The molecule has 0 aromatic carbocycles. The van der Waals surface area contributed by atoms with E-state index < -0.39 is 4.92 Å². The van der Waals surface area contributed by atoms with Crippen LogP contribution in [0.25, 0.3) is 0 Å². The van der Waals surface area contributed by atoms with Gasteiger partial charge in [-0.1, -0.05) is 0 Å². The highest BCUT2D eigenvalue weighted by Gasteiger charge is 2.30. The van der Waals surface area contributed by atoms with Crippen molar-refractivity contribution in [2.24, 2.45) is 11.7 Å². The first kappa shape index (κ1) is 16.6. The number of rotatable bonds is 5. The number of nitrogens with one attached hydrogen (secondary N) is 1. The molecule has 0 saturated carbocycles. The maximum atomic E-state index is 12.1. The lowest BCUT2D eigenvalue weighted by molar-refractivity contribution is -0.384. The van der Waals surface area contributed by atoms with E-state index >= 15 is 0 Å². The fraction of sp³-hybridized carbons (Fsp3) is 0.538. The number of carbonyl (C=O) groups excluding carboxylic acids is 1. The Morgan fingerprint density at radius 1 is 1.64 bits per heavy atom. The van der Waals surface area contributed by atoms with Crippen LogP contribution in [0.1, 0.15) is 12.8 Å². The van der Waals surface area contributed by atoms with E-state index in [2.05, 4.69) is 26.2 Å². The third-order valence-electron chi connectivity index (χ3n) is 3.55. The van der Waals surface area contributed by atoms with Crippen molar-refractivity contribution in [3.63, 3.8) is 0 Å². The third-order valence-corrected chi connectivity index (χ3v) is 3.98. The van der Waals surface area contributed by atoms with Crippen LogP contribution in [-0.4, -0.2) is 42.0 Å².